The van der Waals surface area contributed by atoms with Gasteiger partial charge < -0.3 is 10.3 Å². The van der Waals surface area contributed by atoms with E-state index < -0.39 is 0 Å². The van der Waals surface area contributed by atoms with Gasteiger partial charge >= 0.3 is 0 Å². The van der Waals surface area contributed by atoms with Crippen LogP contribution in [0.4, 0.5) is 0 Å². The van der Waals surface area contributed by atoms with Crippen molar-refractivity contribution in [3.05, 3.63) is 17.2 Å². The van der Waals surface area contributed by atoms with Crippen molar-refractivity contribution in [3.63, 3.8) is 0 Å². The highest BCUT2D eigenvalue weighted by atomic mass is 15.2. The van der Waals surface area contributed by atoms with Gasteiger partial charge in [0.2, 0.25) is 0 Å². The van der Waals surface area contributed by atoms with E-state index >= 15 is 0 Å². The van der Waals surface area contributed by atoms with Crippen LogP contribution in [0.25, 0.3) is 0 Å². The van der Waals surface area contributed by atoms with E-state index in [1.807, 2.05) is 0 Å². The molecule has 0 aromatic carbocycles. The van der Waals surface area contributed by atoms with Crippen LogP contribution in [0.2, 0.25) is 0 Å². The summed E-state index contributed by atoms with van der Waals surface area (Å²) in [5, 5.41) is 3.38. The maximum absolute atomic E-state index is 4.55. The summed E-state index contributed by atoms with van der Waals surface area (Å²) in [6, 6.07) is 0.576. The van der Waals surface area contributed by atoms with Gasteiger partial charge in [0.05, 0.1) is 5.69 Å². The Labute approximate surface area is 97.4 Å². The Hall–Kier alpha value is -0.870. The van der Waals surface area contributed by atoms with E-state index in [0.29, 0.717) is 6.04 Å². The number of nitrogens with zero attached hydrogens (tertiary/aromatic N) is 2. The molecule has 1 atom stereocenters. The number of aromatic amines is 1. The third-order valence-corrected chi connectivity index (χ3v) is 3.44. The van der Waals surface area contributed by atoms with Gasteiger partial charge in [0.25, 0.3) is 0 Å². The molecule has 2 heterocycles. The molecule has 0 bridgehead atoms. The van der Waals surface area contributed by atoms with Gasteiger partial charge in [0, 0.05) is 44.3 Å². The molecule has 90 valence electrons. The first kappa shape index (κ1) is 11.6. The summed E-state index contributed by atoms with van der Waals surface area (Å²) in [6.45, 7) is 11.0. The molecule has 1 aliphatic heterocycles. The number of hydrogen-bond acceptors (Lipinski definition) is 3. The summed E-state index contributed by atoms with van der Waals surface area (Å²) in [6.07, 6.45) is 1.02. The molecular weight excluding hydrogens is 200 g/mol. The lowest BCUT2D eigenvalue weighted by molar-refractivity contribution is 0.182. The number of hydrogen-bond donors (Lipinski definition) is 2. The zero-order chi connectivity index (χ0) is 11.5. The van der Waals surface area contributed by atoms with Crippen molar-refractivity contribution in [1.82, 2.24) is 20.2 Å². The van der Waals surface area contributed by atoms with Crippen LogP contribution in [0.5, 0.6) is 0 Å². The lowest BCUT2D eigenvalue weighted by atomic mass is 10.2. The average molecular weight is 222 g/mol. The van der Waals surface area contributed by atoms with Crippen LogP contribution in [0.3, 0.4) is 0 Å². The van der Waals surface area contributed by atoms with Gasteiger partial charge in [-0.1, -0.05) is 0 Å². The predicted molar refractivity (Wildman–Crippen MR) is 65.7 cm³/mol. The highest BCUT2D eigenvalue weighted by molar-refractivity contribution is 5.11. The smallest absolute Gasteiger partial charge is 0.108 e. The van der Waals surface area contributed by atoms with E-state index in [1.54, 1.807) is 0 Å². The molecule has 1 aromatic rings. The summed E-state index contributed by atoms with van der Waals surface area (Å²) in [4.78, 5) is 10.4. The quantitative estimate of drug-likeness (QED) is 0.797. The van der Waals surface area contributed by atoms with Crippen LogP contribution in [0.1, 0.15) is 24.1 Å². The number of aromatic nitrogens is 2. The molecule has 0 radical (unpaired) electrons. The number of aryl methyl sites for hydroxylation is 2. The SMILES string of the molecule is Cc1nc(CC(C)N2CCNCC2)[nH]c1C. The molecule has 2 N–H and O–H groups in total. The number of rotatable bonds is 3. The van der Waals surface area contributed by atoms with Gasteiger partial charge in [-0.05, 0) is 20.8 Å². The van der Waals surface area contributed by atoms with Gasteiger partial charge in [-0.2, -0.15) is 0 Å². The first-order valence-corrected chi connectivity index (χ1v) is 6.13. The number of nitrogens with one attached hydrogen (secondary N) is 2. The van der Waals surface area contributed by atoms with Gasteiger partial charge in [-0.15, -0.1) is 0 Å². The first-order chi connectivity index (χ1) is 7.66. The van der Waals surface area contributed by atoms with Gasteiger partial charge in [0.1, 0.15) is 5.82 Å². The first-order valence-electron chi connectivity index (χ1n) is 6.13. The minimum Gasteiger partial charge on any atom is -0.346 e. The van der Waals surface area contributed by atoms with E-state index in [2.05, 4.69) is 41.0 Å². The summed E-state index contributed by atoms with van der Waals surface area (Å²) in [5.41, 5.74) is 2.32. The Kier molecular flexibility index (Phi) is 3.61. The van der Waals surface area contributed by atoms with E-state index in [-0.39, 0.29) is 0 Å². The Balaban J connectivity index is 1.93. The highest BCUT2D eigenvalue weighted by Gasteiger charge is 2.17. The Bertz CT molecular complexity index is 319. The van der Waals surface area contributed by atoms with Crippen LogP contribution in [-0.4, -0.2) is 47.1 Å². The molecule has 0 spiro atoms. The van der Waals surface area contributed by atoms with Crippen molar-refractivity contribution in [1.29, 1.82) is 0 Å². The monoisotopic (exact) mass is 222 g/mol. The minimum atomic E-state index is 0.576. The zero-order valence-electron chi connectivity index (χ0n) is 10.5. The maximum Gasteiger partial charge on any atom is 0.108 e. The summed E-state index contributed by atoms with van der Waals surface area (Å²) < 4.78 is 0. The molecule has 4 nitrogen and oxygen atoms in total. The second-order valence-corrected chi connectivity index (χ2v) is 4.73. The van der Waals surface area contributed by atoms with Gasteiger partial charge in [-0.25, -0.2) is 4.98 Å². The lowest BCUT2D eigenvalue weighted by Crippen LogP contribution is -2.48. The molecular formula is C12H22N4. The van der Waals surface area contributed by atoms with Crippen molar-refractivity contribution >= 4 is 0 Å². The van der Waals surface area contributed by atoms with Crippen molar-refractivity contribution in [3.8, 4) is 0 Å². The largest absolute Gasteiger partial charge is 0.346 e. The van der Waals surface area contributed by atoms with Crippen LogP contribution >= 0.6 is 0 Å². The van der Waals surface area contributed by atoms with E-state index in [0.717, 1.165) is 44.1 Å². The van der Waals surface area contributed by atoms with Crippen LogP contribution in [-0.2, 0) is 6.42 Å². The molecule has 1 fully saturated rings. The molecule has 1 aromatic heterocycles. The number of imidazole rings is 1. The standard InChI is InChI=1S/C12H22N4/c1-9(16-6-4-13-5-7-16)8-12-14-10(2)11(3)15-12/h9,13H,4-8H2,1-3H3,(H,14,15). The third kappa shape index (κ3) is 2.62. The molecule has 0 amide bonds. The Morgan fingerprint density at radius 1 is 1.31 bits per heavy atom. The zero-order valence-corrected chi connectivity index (χ0v) is 10.5. The second kappa shape index (κ2) is 4.97. The van der Waals surface area contributed by atoms with Crippen molar-refractivity contribution in [2.24, 2.45) is 0 Å². The van der Waals surface area contributed by atoms with Crippen molar-refractivity contribution in [2.75, 3.05) is 26.2 Å². The Morgan fingerprint density at radius 3 is 2.56 bits per heavy atom. The van der Waals surface area contributed by atoms with Crippen molar-refractivity contribution in [2.45, 2.75) is 33.2 Å². The molecule has 4 heteroatoms. The third-order valence-electron chi connectivity index (χ3n) is 3.44. The van der Waals surface area contributed by atoms with Crippen LogP contribution < -0.4 is 5.32 Å². The summed E-state index contributed by atoms with van der Waals surface area (Å²) >= 11 is 0. The fraction of sp³-hybridized carbons (Fsp3) is 0.750. The summed E-state index contributed by atoms with van der Waals surface area (Å²) in [5.74, 6) is 1.13. The normalized spacial score (nSPS) is 19.9. The number of piperazine rings is 1. The minimum absolute atomic E-state index is 0.576. The van der Waals surface area contributed by atoms with Gasteiger partial charge in [0.15, 0.2) is 0 Å². The fourth-order valence-corrected chi connectivity index (χ4v) is 2.25. The van der Waals surface area contributed by atoms with E-state index in [4.69, 9.17) is 0 Å². The Morgan fingerprint density at radius 2 is 2.00 bits per heavy atom. The molecule has 1 saturated heterocycles. The topological polar surface area (TPSA) is 44.0 Å². The highest BCUT2D eigenvalue weighted by Crippen LogP contribution is 2.09. The van der Waals surface area contributed by atoms with Crippen molar-refractivity contribution < 1.29 is 0 Å². The molecule has 2 rings (SSSR count). The van der Waals surface area contributed by atoms with Gasteiger partial charge in [-0.3, -0.25) is 4.90 Å². The summed E-state index contributed by atoms with van der Waals surface area (Å²) in [7, 11) is 0. The van der Waals surface area contributed by atoms with E-state index in [9.17, 15) is 0 Å². The predicted octanol–water partition coefficient (Wildman–Crippen LogP) is 0.863. The molecule has 1 unspecified atom stereocenters. The molecule has 0 saturated carbocycles. The average Bonchev–Trinajstić information content (AvgIpc) is 2.59. The molecule has 1 aliphatic rings. The second-order valence-electron chi connectivity index (χ2n) is 4.73. The lowest BCUT2D eigenvalue weighted by Gasteiger charge is -2.32. The fourth-order valence-electron chi connectivity index (χ4n) is 2.25. The number of H-pyrrole nitrogens is 1. The molecule has 16 heavy (non-hydrogen) atoms. The van der Waals surface area contributed by atoms with Crippen LogP contribution in [0.15, 0.2) is 0 Å². The van der Waals surface area contributed by atoms with E-state index in [1.165, 1.54) is 5.69 Å². The maximum atomic E-state index is 4.55. The van der Waals surface area contributed by atoms with Crippen LogP contribution in [0, 0.1) is 13.8 Å². The molecule has 0 aliphatic carbocycles.